The van der Waals surface area contributed by atoms with Gasteiger partial charge in [-0.25, -0.2) is 9.59 Å². The van der Waals surface area contributed by atoms with Gasteiger partial charge in [0.2, 0.25) is 0 Å². The smallest absolute Gasteiger partial charge is 0.338 e. The van der Waals surface area contributed by atoms with E-state index in [1.807, 2.05) is 0 Å². The monoisotopic (exact) mass is 306 g/mol. The van der Waals surface area contributed by atoms with Crippen LogP contribution >= 0.6 is 0 Å². The Bertz CT molecular complexity index is 567. The van der Waals surface area contributed by atoms with E-state index >= 15 is 0 Å². The summed E-state index contributed by atoms with van der Waals surface area (Å²) in [5.41, 5.74) is 0.762. The van der Waals surface area contributed by atoms with E-state index in [0.717, 1.165) is 0 Å². The summed E-state index contributed by atoms with van der Waals surface area (Å²) in [6.07, 6.45) is -0.574. The second-order valence-electron chi connectivity index (χ2n) is 5.59. The third kappa shape index (κ3) is 2.71. The molecule has 0 aromatic heterocycles. The summed E-state index contributed by atoms with van der Waals surface area (Å²) in [4.78, 5) is 23.5. The predicted octanol–water partition coefficient (Wildman–Crippen LogP) is 1.43. The van der Waals surface area contributed by atoms with Crippen molar-refractivity contribution in [2.24, 2.45) is 5.92 Å². The molecule has 2 heterocycles. The van der Waals surface area contributed by atoms with Gasteiger partial charge in [-0.2, -0.15) is 0 Å². The molecule has 0 saturated carbocycles. The van der Waals surface area contributed by atoms with Crippen LogP contribution in [-0.4, -0.2) is 50.6 Å². The van der Waals surface area contributed by atoms with Crippen molar-refractivity contribution in [3.63, 3.8) is 0 Å². The van der Waals surface area contributed by atoms with Crippen molar-refractivity contribution in [2.75, 3.05) is 20.3 Å². The molecule has 2 aliphatic heterocycles. The summed E-state index contributed by atoms with van der Waals surface area (Å²) in [5, 5.41) is 0. The number of carbonyl (C=O) groups is 2. The molecule has 22 heavy (non-hydrogen) atoms. The first-order valence-electron chi connectivity index (χ1n) is 7.22. The lowest BCUT2D eigenvalue weighted by Gasteiger charge is -2.16. The molecular formula is C16H18O6. The van der Waals surface area contributed by atoms with E-state index in [0.29, 0.717) is 30.3 Å². The zero-order valence-electron chi connectivity index (χ0n) is 12.5. The van der Waals surface area contributed by atoms with Gasteiger partial charge in [-0.1, -0.05) is 6.92 Å². The molecule has 0 aliphatic carbocycles. The molecule has 6 nitrogen and oxygen atoms in total. The van der Waals surface area contributed by atoms with Crippen LogP contribution in [0.5, 0.6) is 0 Å². The molecule has 2 fully saturated rings. The molecule has 4 atom stereocenters. The number of rotatable bonds is 3. The quantitative estimate of drug-likeness (QED) is 0.787. The van der Waals surface area contributed by atoms with E-state index in [-0.39, 0.29) is 18.3 Å². The van der Waals surface area contributed by atoms with Crippen LogP contribution in [0.1, 0.15) is 27.6 Å². The molecule has 6 heteroatoms. The highest BCUT2D eigenvalue weighted by Gasteiger charge is 2.47. The number of esters is 2. The molecule has 0 spiro atoms. The van der Waals surface area contributed by atoms with Crippen LogP contribution in [0.25, 0.3) is 0 Å². The summed E-state index contributed by atoms with van der Waals surface area (Å²) in [6, 6.07) is 6.15. The van der Waals surface area contributed by atoms with E-state index in [4.69, 9.17) is 14.2 Å². The highest BCUT2D eigenvalue weighted by molar-refractivity contribution is 5.93. The Balaban J connectivity index is 1.64. The second-order valence-corrected chi connectivity index (χ2v) is 5.59. The normalized spacial score (nSPS) is 29.9. The van der Waals surface area contributed by atoms with Crippen molar-refractivity contribution in [2.45, 2.75) is 25.2 Å². The molecule has 2 aliphatic rings. The molecule has 1 aromatic carbocycles. The summed E-state index contributed by atoms with van der Waals surface area (Å²) >= 11 is 0. The second kappa shape index (κ2) is 6.06. The number of ether oxygens (including phenoxy) is 4. The molecule has 4 unspecified atom stereocenters. The van der Waals surface area contributed by atoms with Crippen molar-refractivity contribution in [3.8, 4) is 0 Å². The average Bonchev–Trinajstić information content (AvgIpc) is 3.11. The van der Waals surface area contributed by atoms with Gasteiger partial charge in [-0.3, -0.25) is 0 Å². The van der Waals surface area contributed by atoms with Crippen LogP contribution in [0.2, 0.25) is 0 Å². The molecule has 3 rings (SSSR count). The average molecular weight is 306 g/mol. The summed E-state index contributed by atoms with van der Waals surface area (Å²) in [7, 11) is 1.31. The number of fused-ring (bicyclic) bond motifs is 1. The third-order valence-electron chi connectivity index (χ3n) is 4.06. The zero-order chi connectivity index (χ0) is 15.7. The Morgan fingerprint density at radius 1 is 1.00 bits per heavy atom. The maximum Gasteiger partial charge on any atom is 0.338 e. The van der Waals surface area contributed by atoms with Gasteiger partial charge in [0.1, 0.15) is 6.10 Å². The van der Waals surface area contributed by atoms with Crippen molar-refractivity contribution in [1.82, 2.24) is 0 Å². The van der Waals surface area contributed by atoms with Gasteiger partial charge in [0.25, 0.3) is 0 Å². The first-order valence-corrected chi connectivity index (χ1v) is 7.22. The Morgan fingerprint density at radius 3 is 2.23 bits per heavy atom. The van der Waals surface area contributed by atoms with Crippen LogP contribution in [-0.2, 0) is 18.9 Å². The van der Waals surface area contributed by atoms with E-state index in [9.17, 15) is 9.59 Å². The Labute approximate surface area is 128 Å². The van der Waals surface area contributed by atoms with Crippen LogP contribution < -0.4 is 0 Å². The van der Waals surface area contributed by atoms with Gasteiger partial charge < -0.3 is 18.9 Å². The Morgan fingerprint density at radius 2 is 1.59 bits per heavy atom. The molecule has 118 valence electrons. The zero-order valence-corrected chi connectivity index (χ0v) is 12.5. The van der Waals surface area contributed by atoms with Gasteiger partial charge in [0.05, 0.1) is 37.6 Å². The topological polar surface area (TPSA) is 71.1 Å². The lowest BCUT2D eigenvalue weighted by molar-refractivity contribution is -0.0158. The van der Waals surface area contributed by atoms with Crippen LogP contribution in [0.15, 0.2) is 24.3 Å². The fraction of sp³-hybridized carbons (Fsp3) is 0.500. The first-order chi connectivity index (χ1) is 10.6. The number of benzene rings is 1. The molecule has 2 saturated heterocycles. The Hall–Kier alpha value is -1.92. The fourth-order valence-electron chi connectivity index (χ4n) is 2.82. The van der Waals surface area contributed by atoms with Crippen molar-refractivity contribution < 1.29 is 28.5 Å². The number of methoxy groups -OCH3 is 1. The standard InChI is InChI=1S/C16H18O6/c1-9-7-20-14-12(8-21-13(9)14)22-16(18)11-5-3-10(4-6-11)15(17)19-2/h3-6,9,12-14H,7-8H2,1-2H3. The van der Waals surface area contributed by atoms with E-state index < -0.39 is 11.9 Å². The van der Waals surface area contributed by atoms with E-state index in [1.54, 1.807) is 12.1 Å². The highest BCUT2D eigenvalue weighted by Crippen LogP contribution is 2.32. The first kappa shape index (κ1) is 15.0. The molecule has 0 amide bonds. The maximum atomic E-state index is 12.2. The van der Waals surface area contributed by atoms with Gasteiger partial charge in [-0.05, 0) is 24.3 Å². The van der Waals surface area contributed by atoms with Gasteiger partial charge >= 0.3 is 11.9 Å². The lowest BCUT2D eigenvalue weighted by atomic mass is 10.0. The minimum absolute atomic E-state index is 0.000463. The van der Waals surface area contributed by atoms with Crippen LogP contribution in [0, 0.1) is 5.92 Å². The minimum Gasteiger partial charge on any atom is -0.465 e. The minimum atomic E-state index is -0.450. The highest BCUT2D eigenvalue weighted by atomic mass is 16.6. The summed E-state index contributed by atoms with van der Waals surface area (Å²) in [6.45, 7) is 3.03. The summed E-state index contributed by atoms with van der Waals surface area (Å²) in [5.74, 6) is -0.581. The fourth-order valence-corrected chi connectivity index (χ4v) is 2.82. The summed E-state index contributed by atoms with van der Waals surface area (Å²) < 4.78 is 21.4. The number of carbonyl (C=O) groups excluding carboxylic acids is 2. The van der Waals surface area contributed by atoms with Crippen molar-refractivity contribution in [1.29, 1.82) is 0 Å². The predicted molar refractivity (Wildman–Crippen MR) is 75.6 cm³/mol. The van der Waals surface area contributed by atoms with Gasteiger partial charge in [0.15, 0.2) is 6.10 Å². The Kier molecular flexibility index (Phi) is 4.13. The number of hydrogen-bond acceptors (Lipinski definition) is 6. The van der Waals surface area contributed by atoms with E-state index in [2.05, 4.69) is 11.7 Å². The molecule has 0 N–H and O–H groups in total. The molecule has 0 radical (unpaired) electrons. The van der Waals surface area contributed by atoms with Crippen molar-refractivity contribution >= 4 is 11.9 Å². The van der Waals surface area contributed by atoms with Gasteiger partial charge in [0, 0.05) is 5.92 Å². The van der Waals surface area contributed by atoms with E-state index in [1.165, 1.54) is 19.2 Å². The van der Waals surface area contributed by atoms with Crippen LogP contribution in [0.3, 0.4) is 0 Å². The maximum absolute atomic E-state index is 12.2. The third-order valence-corrected chi connectivity index (χ3v) is 4.06. The molecular weight excluding hydrogens is 288 g/mol. The van der Waals surface area contributed by atoms with Crippen LogP contribution in [0.4, 0.5) is 0 Å². The largest absolute Gasteiger partial charge is 0.465 e. The molecule has 1 aromatic rings. The van der Waals surface area contributed by atoms with Crippen molar-refractivity contribution in [3.05, 3.63) is 35.4 Å². The molecule has 0 bridgehead atoms. The lowest BCUT2D eigenvalue weighted by Crippen LogP contribution is -2.32. The van der Waals surface area contributed by atoms with Gasteiger partial charge in [-0.15, -0.1) is 0 Å². The number of hydrogen-bond donors (Lipinski definition) is 0. The SMILES string of the molecule is COC(=O)c1ccc(C(=O)OC2COC3C(C)COC23)cc1.